The highest BCUT2D eigenvalue weighted by Gasteiger charge is 2.36. The Labute approximate surface area is 107 Å². The maximum absolute atomic E-state index is 11.4. The number of carbonyl (C=O) groups excluding carboxylic acids is 2. The summed E-state index contributed by atoms with van der Waals surface area (Å²) in [6.45, 7) is 3.18. The first-order valence-corrected chi connectivity index (χ1v) is 7.36. The van der Waals surface area contributed by atoms with E-state index in [0.29, 0.717) is 12.8 Å². The number of amides is 2. The standard InChI is InChI=1S/C10H19N3O4S/c1-6(2)9(11)10(15)12-5-8(14)13-18(16,17)7-3-4-7/h6-7,9H,3-5,11H2,1-2H3,(H,12,15)(H,13,14)/t9-/m0/s1. The molecular weight excluding hydrogens is 258 g/mol. The Bertz CT molecular complexity index is 428. The summed E-state index contributed by atoms with van der Waals surface area (Å²) in [7, 11) is -3.55. The van der Waals surface area contributed by atoms with Crippen molar-refractivity contribution in [1.29, 1.82) is 0 Å². The molecule has 1 aliphatic carbocycles. The van der Waals surface area contributed by atoms with E-state index in [2.05, 4.69) is 5.32 Å². The van der Waals surface area contributed by atoms with Crippen molar-refractivity contribution in [2.75, 3.05) is 6.54 Å². The molecule has 1 saturated carbocycles. The third-order valence-corrected chi connectivity index (χ3v) is 4.52. The first kappa shape index (κ1) is 14.9. The lowest BCUT2D eigenvalue weighted by molar-refractivity contribution is -0.126. The van der Waals surface area contributed by atoms with Crippen LogP contribution in [0.4, 0.5) is 0 Å². The second-order valence-electron chi connectivity index (χ2n) is 4.76. The van der Waals surface area contributed by atoms with Crippen LogP contribution in [0.3, 0.4) is 0 Å². The predicted octanol–water partition coefficient (Wildman–Crippen LogP) is -1.31. The van der Waals surface area contributed by atoms with Crippen molar-refractivity contribution in [2.24, 2.45) is 11.7 Å². The first-order valence-electron chi connectivity index (χ1n) is 5.82. The van der Waals surface area contributed by atoms with E-state index < -0.39 is 33.1 Å². The Morgan fingerprint density at radius 1 is 1.33 bits per heavy atom. The number of sulfonamides is 1. The van der Waals surface area contributed by atoms with Crippen molar-refractivity contribution >= 4 is 21.8 Å². The molecule has 1 fully saturated rings. The molecule has 7 nitrogen and oxygen atoms in total. The number of hydrogen-bond acceptors (Lipinski definition) is 5. The van der Waals surface area contributed by atoms with Crippen LogP contribution in [0.5, 0.6) is 0 Å². The zero-order valence-electron chi connectivity index (χ0n) is 10.5. The third-order valence-electron chi connectivity index (χ3n) is 2.66. The van der Waals surface area contributed by atoms with E-state index in [0.717, 1.165) is 0 Å². The second-order valence-corrected chi connectivity index (χ2v) is 6.72. The van der Waals surface area contributed by atoms with Crippen LogP contribution in [0, 0.1) is 5.92 Å². The van der Waals surface area contributed by atoms with Gasteiger partial charge in [-0.15, -0.1) is 0 Å². The topological polar surface area (TPSA) is 118 Å². The van der Waals surface area contributed by atoms with Gasteiger partial charge in [0.25, 0.3) is 5.91 Å². The molecule has 0 spiro atoms. The minimum Gasteiger partial charge on any atom is -0.346 e. The molecule has 0 bridgehead atoms. The Morgan fingerprint density at radius 3 is 2.33 bits per heavy atom. The smallest absolute Gasteiger partial charge is 0.252 e. The van der Waals surface area contributed by atoms with E-state index >= 15 is 0 Å². The molecule has 1 rings (SSSR count). The normalized spacial score (nSPS) is 17.3. The Hall–Kier alpha value is -1.15. The second kappa shape index (κ2) is 5.66. The summed E-state index contributed by atoms with van der Waals surface area (Å²) < 4.78 is 24.8. The molecule has 0 heterocycles. The van der Waals surface area contributed by atoms with Gasteiger partial charge in [0.1, 0.15) is 0 Å². The average molecular weight is 277 g/mol. The maximum Gasteiger partial charge on any atom is 0.252 e. The summed E-state index contributed by atoms with van der Waals surface area (Å²) in [6, 6.07) is -0.710. The van der Waals surface area contributed by atoms with Crippen molar-refractivity contribution in [1.82, 2.24) is 10.0 Å². The molecule has 0 aliphatic heterocycles. The molecule has 4 N–H and O–H groups in total. The van der Waals surface area contributed by atoms with Crippen LogP contribution in [0.15, 0.2) is 0 Å². The molecule has 8 heteroatoms. The summed E-state index contributed by atoms with van der Waals surface area (Å²) >= 11 is 0. The van der Waals surface area contributed by atoms with Crippen molar-refractivity contribution in [3.8, 4) is 0 Å². The molecule has 0 aromatic heterocycles. The quantitative estimate of drug-likeness (QED) is 0.557. The fourth-order valence-corrected chi connectivity index (χ4v) is 2.56. The first-order chi connectivity index (χ1) is 8.24. The highest BCUT2D eigenvalue weighted by molar-refractivity contribution is 7.90. The van der Waals surface area contributed by atoms with Gasteiger partial charge in [0, 0.05) is 0 Å². The van der Waals surface area contributed by atoms with Gasteiger partial charge >= 0.3 is 0 Å². The lowest BCUT2D eigenvalue weighted by Crippen LogP contribution is -2.48. The zero-order chi connectivity index (χ0) is 13.9. The number of rotatable bonds is 6. The third kappa shape index (κ3) is 4.26. The highest BCUT2D eigenvalue weighted by atomic mass is 32.2. The summed E-state index contributed by atoms with van der Waals surface area (Å²) in [5, 5.41) is 1.84. The van der Waals surface area contributed by atoms with Gasteiger partial charge in [-0.2, -0.15) is 0 Å². The molecule has 0 unspecified atom stereocenters. The molecule has 2 amide bonds. The van der Waals surface area contributed by atoms with Gasteiger partial charge in [0.2, 0.25) is 15.9 Å². The van der Waals surface area contributed by atoms with E-state index in [9.17, 15) is 18.0 Å². The summed E-state index contributed by atoms with van der Waals surface area (Å²) in [6.07, 6.45) is 1.15. The minimum atomic E-state index is -3.55. The number of nitrogens with one attached hydrogen (secondary N) is 2. The van der Waals surface area contributed by atoms with E-state index in [1.54, 1.807) is 13.8 Å². The van der Waals surface area contributed by atoms with Crippen molar-refractivity contribution in [3.05, 3.63) is 0 Å². The van der Waals surface area contributed by atoms with Crippen LogP contribution in [-0.4, -0.2) is 38.1 Å². The molecule has 104 valence electrons. The molecule has 1 aliphatic rings. The Balaban J connectivity index is 2.35. The van der Waals surface area contributed by atoms with Gasteiger partial charge in [-0.1, -0.05) is 13.8 Å². The summed E-state index contributed by atoms with van der Waals surface area (Å²) in [5.74, 6) is -1.27. The Kier molecular flexibility index (Phi) is 4.69. The van der Waals surface area contributed by atoms with Crippen LogP contribution < -0.4 is 15.8 Å². The summed E-state index contributed by atoms with van der Waals surface area (Å²) in [5.41, 5.74) is 5.57. The van der Waals surface area contributed by atoms with Gasteiger partial charge in [-0.05, 0) is 18.8 Å². The van der Waals surface area contributed by atoms with Crippen molar-refractivity contribution in [3.63, 3.8) is 0 Å². The molecular formula is C10H19N3O4S. The maximum atomic E-state index is 11.4. The van der Waals surface area contributed by atoms with E-state index in [1.165, 1.54) is 0 Å². The molecule has 0 saturated heterocycles. The van der Waals surface area contributed by atoms with Crippen LogP contribution in [0.2, 0.25) is 0 Å². The lowest BCUT2D eigenvalue weighted by atomic mass is 10.1. The molecule has 0 aromatic carbocycles. The fourth-order valence-electron chi connectivity index (χ4n) is 1.24. The molecule has 18 heavy (non-hydrogen) atoms. The fraction of sp³-hybridized carbons (Fsp3) is 0.800. The van der Waals surface area contributed by atoms with Crippen LogP contribution in [-0.2, 0) is 19.6 Å². The summed E-state index contributed by atoms with van der Waals surface area (Å²) in [4.78, 5) is 22.8. The average Bonchev–Trinajstić information content (AvgIpc) is 3.07. The van der Waals surface area contributed by atoms with Gasteiger partial charge in [-0.3, -0.25) is 14.3 Å². The monoisotopic (exact) mass is 277 g/mol. The molecule has 1 atom stereocenters. The zero-order valence-corrected chi connectivity index (χ0v) is 11.3. The molecule has 0 radical (unpaired) electrons. The van der Waals surface area contributed by atoms with Gasteiger partial charge in [0.05, 0.1) is 17.8 Å². The van der Waals surface area contributed by atoms with Gasteiger partial charge < -0.3 is 11.1 Å². The van der Waals surface area contributed by atoms with Crippen LogP contribution >= 0.6 is 0 Å². The minimum absolute atomic E-state index is 0.0525. The Morgan fingerprint density at radius 2 is 1.89 bits per heavy atom. The van der Waals surface area contributed by atoms with Crippen molar-refractivity contribution < 1.29 is 18.0 Å². The lowest BCUT2D eigenvalue weighted by Gasteiger charge is -2.15. The molecule has 0 aromatic rings. The number of carbonyl (C=O) groups is 2. The van der Waals surface area contributed by atoms with E-state index in [1.807, 2.05) is 4.72 Å². The van der Waals surface area contributed by atoms with Crippen LogP contribution in [0.25, 0.3) is 0 Å². The predicted molar refractivity (Wildman–Crippen MR) is 65.9 cm³/mol. The van der Waals surface area contributed by atoms with Gasteiger partial charge in [-0.25, -0.2) is 8.42 Å². The SMILES string of the molecule is CC(C)[C@H](N)C(=O)NCC(=O)NS(=O)(=O)C1CC1. The largest absolute Gasteiger partial charge is 0.346 e. The van der Waals surface area contributed by atoms with Crippen LogP contribution in [0.1, 0.15) is 26.7 Å². The highest BCUT2D eigenvalue weighted by Crippen LogP contribution is 2.27. The van der Waals surface area contributed by atoms with Crippen molar-refractivity contribution in [2.45, 2.75) is 38.0 Å². The van der Waals surface area contributed by atoms with E-state index in [-0.39, 0.29) is 12.5 Å². The number of hydrogen-bond donors (Lipinski definition) is 3. The number of nitrogens with two attached hydrogens (primary N) is 1. The van der Waals surface area contributed by atoms with Gasteiger partial charge in [0.15, 0.2) is 0 Å². The van der Waals surface area contributed by atoms with E-state index in [4.69, 9.17) is 5.73 Å².